The van der Waals surface area contributed by atoms with Crippen LogP contribution < -0.4 is 4.74 Å². The molecular weight excluding hydrogens is 288 g/mol. The molecule has 0 spiro atoms. The summed E-state index contributed by atoms with van der Waals surface area (Å²) in [5, 5.41) is 0. The molecule has 4 aliphatic rings. The standard InChI is InChI=1S/C20H24O3/c1-11(21)22-13-4-6-14-12(9-13)3-5-16-15(14)7-8-20(2)17(16)10-18-19(20)23-18/h4,6,9,15-19H,3,5,7-8,10H2,1-2H3/t15-,16-,17+,18-,19-,20+/m1/s1. The van der Waals surface area contributed by atoms with E-state index in [0.29, 0.717) is 29.3 Å². The Morgan fingerprint density at radius 2 is 2.22 bits per heavy atom. The molecule has 0 amide bonds. The third kappa shape index (κ3) is 1.95. The van der Waals surface area contributed by atoms with Crippen molar-refractivity contribution in [2.45, 2.75) is 64.1 Å². The molecule has 23 heavy (non-hydrogen) atoms. The molecule has 1 aromatic carbocycles. The van der Waals surface area contributed by atoms with Gasteiger partial charge in [0.15, 0.2) is 0 Å². The van der Waals surface area contributed by atoms with Gasteiger partial charge >= 0.3 is 5.97 Å². The first kappa shape index (κ1) is 14.0. The highest BCUT2D eigenvalue weighted by Gasteiger charge is 2.66. The summed E-state index contributed by atoms with van der Waals surface area (Å²) in [6, 6.07) is 6.29. The van der Waals surface area contributed by atoms with Crippen LogP contribution >= 0.6 is 0 Å². The Labute approximate surface area is 137 Å². The molecule has 0 aromatic heterocycles. The summed E-state index contributed by atoms with van der Waals surface area (Å²) in [7, 11) is 0. The number of hydrogen-bond acceptors (Lipinski definition) is 3. The number of epoxide rings is 1. The van der Waals surface area contributed by atoms with Crippen molar-refractivity contribution in [3.8, 4) is 5.75 Å². The second-order valence-corrected chi connectivity index (χ2v) is 8.25. The molecule has 1 aromatic rings. The van der Waals surface area contributed by atoms with Gasteiger partial charge in [-0.05, 0) is 78.5 Å². The summed E-state index contributed by atoms with van der Waals surface area (Å²) in [4.78, 5) is 11.2. The number of hydrogen-bond donors (Lipinski definition) is 0. The van der Waals surface area contributed by atoms with Gasteiger partial charge in [-0.1, -0.05) is 13.0 Å². The van der Waals surface area contributed by atoms with Crippen LogP contribution in [0.3, 0.4) is 0 Å². The number of fused-ring (bicyclic) bond motifs is 7. The molecule has 6 atom stereocenters. The average Bonchev–Trinajstić information content (AvgIpc) is 3.23. The molecular formula is C20H24O3. The number of carbonyl (C=O) groups is 1. The average molecular weight is 312 g/mol. The Morgan fingerprint density at radius 1 is 1.35 bits per heavy atom. The van der Waals surface area contributed by atoms with Crippen molar-refractivity contribution in [2.24, 2.45) is 17.3 Å². The van der Waals surface area contributed by atoms with E-state index in [9.17, 15) is 4.79 Å². The molecule has 0 unspecified atom stereocenters. The van der Waals surface area contributed by atoms with E-state index >= 15 is 0 Å². The first-order valence-electron chi connectivity index (χ1n) is 9.03. The summed E-state index contributed by atoms with van der Waals surface area (Å²) in [5.74, 6) is 2.81. The fourth-order valence-electron chi connectivity index (χ4n) is 6.09. The number of carbonyl (C=O) groups excluding carboxylic acids is 1. The summed E-state index contributed by atoms with van der Waals surface area (Å²) < 4.78 is 11.1. The van der Waals surface area contributed by atoms with Gasteiger partial charge in [0, 0.05) is 6.92 Å². The van der Waals surface area contributed by atoms with E-state index in [0.717, 1.165) is 18.3 Å². The molecule has 0 N–H and O–H groups in total. The highest BCUT2D eigenvalue weighted by Crippen LogP contribution is 2.66. The number of aryl methyl sites for hydroxylation is 1. The van der Waals surface area contributed by atoms with Gasteiger partial charge in [0.2, 0.25) is 0 Å². The maximum absolute atomic E-state index is 11.2. The number of benzene rings is 1. The van der Waals surface area contributed by atoms with E-state index in [1.54, 1.807) is 0 Å². The molecule has 5 rings (SSSR count). The Morgan fingerprint density at radius 3 is 3.04 bits per heavy atom. The first-order valence-corrected chi connectivity index (χ1v) is 9.03. The molecule has 1 heterocycles. The van der Waals surface area contributed by atoms with Crippen molar-refractivity contribution in [3.63, 3.8) is 0 Å². The van der Waals surface area contributed by atoms with Gasteiger partial charge in [-0.2, -0.15) is 0 Å². The molecule has 3 nitrogen and oxygen atoms in total. The van der Waals surface area contributed by atoms with Gasteiger partial charge in [0.25, 0.3) is 0 Å². The van der Waals surface area contributed by atoms with Gasteiger partial charge in [0.05, 0.1) is 12.2 Å². The topological polar surface area (TPSA) is 38.8 Å². The maximum atomic E-state index is 11.2. The number of ether oxygens (including phenoxy) is 2. The molecule has 1 saturated heterocycles. The van der Waals surface area contributed by atoms with Crippen LogP contribution in [0.1, 0.15) is 56.6 Å². The van der Waals surface area contributed by atoms with Crippen molar-refractivity contribution in [1.29, 1.82) is 0 Å². The molecule has 3 aliphatic carbocycles. The van der Waals surface area contributed by atoms with E-state index in [-0.39, 0.29) is 5.97 Å². The Kier molecular flexibility index (Phi) is 2.80. The predicted octanol–water partition coefficient (Wildman–Crippen LogP) is 3.85. The minimum atomic E-state index is -0.239. The van der Waals surface area contributed by atoms with Gasteiger partial charge in [-0.25, -0.2) is 0 Å². The quantitative estimate of drug-likeness (QED) is 0.449. The van der Waals surface area contributed by atoms with Crippen LogP contribution in [0.2, 0.25) is 0 Å². The van der Waals surface area contributed by atoms with E-state index in [1.807, 2.05) is 6.07 Å². The lowest BCUT2D eigenvalue weighted by molar-refractivity contribution is -0.131. The van der Waals surface area contributed by atoms with Crippen LogP contribution in [0.4, 0.5) is 0 Å². The Balaban J connectivity index is 1.45. The van der Waals surface area contributed by atoms with E-state index in [2.05, 4.69) is 19.1 Å². The van der Waals surface area contributed by atoms with E-state index in [4.69, 9.17) is 9.47 Å². The zero-order chi connectivity index (χ0) is 15.8. The molecule has 122 valence electrons. The highest BCUT2D eigenvalue weighted by molar-refractivity contribution is 5.69. The summed E-state index contributed by atoms with van der Waals surface area (Å²) >= 11 is 0. The van der Waals surface area contributed by atoms with Crippen LogP contribution in [-0.2, 0) is 16.0 Å². The summed E-state index contributed by atoms with van der Waals surface area (Å²) in [6.07, 6.45) is 7.38. The molecule has 1 aliphatic heterocycles. The largest absolute Gasteiger partial charge is 0.427 e. The Hall–Kier alpha value is -1.35. The lowest BCUT2D eigenvalue weighted by Gasteiger charge is -2.49. The fraction of sp³-hybridized carbons (Fsp3) is 0.650. The minimum absolute atomic E-state index is 0.239. The molecule has 3 fully saturated rings. The van der Waals surface area contributed by atoms with Crippen LogP contribution in [0.25, 0.3) is 0 Å². The zero-order valence-electron chi connectivity index (χ0n) is 13.9. The normalized spacial score (nSPS) is 43.0. The van der Waals surface area contributed by atoms with Gasteiger partial charge < -0.3 is 9.47 Å². The van der Waals surface area contributed by atoms with Crippen LogP contribution in [0, 0.1) is 17.3 Å². The SMILES string of the molecule is CC(=O)Oc1ccc2c(c1)CC[C@@H]1[C@@H]2CC[C@]2(C)[C@@H]3O[C@@H]3C[C@@H]12. The lowest BCUT2D eigenvalue weighted by atomic mass is 9.55. The minimum Gasteiger partial charge on any atom is -0.427 e. The maximum Gasteiger partial charge on any atom is 0.308 e. The third-order valence-electron chi connectivity index (χ3n) is 7.12. The zero-order valence-corrected chi connectivity index (χ0v) is 13.9. The van der Waals surface area contributed by atoms with Crippen LogP contribution in [-0.4, -0.2) is 18.2 Å². The monoisotopic (exact) mass is 312 g/mol. The number of rotatable bonds is 1. The molecule has 0 radical (unpaired) electrons. The molecule has 0 bridgehead atoms. The Bertz CT molecular complexity index is 681. The second kappa shape index (κ2) is 4.60. The fourth-order valence-corrected chi connectivity index (χ4v) is 6.09. The van der Waals surface area contributed by atoms with Gasteiger partial charge in [-0.15, -0.1) is 0 Å². The van der Waals surface area contributed by atoms with Crippen LogP contribution in [0.15, 0.2) is 18.2 Å². The molecule has 3 heteroatoms. The summed E-state index contributed by atoms with van der Waals surface area (Å²) in [5.41, 5.74) is 3.34. The lowest BCUT2D eigenvalue weighted by Crippen LogP contribution is -2.42. The van der Waals surface area contributed by atoms with Gasteiger partial charge in [0.1, 0.15) is 5.75 Å². The second-order valence-electron chi connectivity index (χ2n) is 8.25. The summed E-state index contributed by atoms with van der Waals surface area (Å²) in [6.45, 7) is 3.94. The van der Waals surface area contributed by atoms with E-state index in [1.165, 1.54) is 43.7 Å². The predicted molar refractivity (Wildman–Crippen MR) is 86.4 cm³/mol. The van der Waals surface area contributed by atoms with Gasteiger partial charge in [-0.3, -0.25) is 4.79 Å². The smallest absolute Gasteiger partial charge is 0.308 e. The van der Waals surface area contributed by atoms with Crippen molar-refractivity contribution < 1.29 is 14.3 Å². The first-order chi connectivity index (χ1) is 11.1. The third-order valence-corrected chi connectivity index (χ3v) is 7.12. The van der Waals surface area contributed by atoms with E-state index < -0.39 is 0 Å². The highest BCUT2D eigenvalue weighted by atomic mass is 16.6. The van der Waals surface area contributed by atoms with Crippen molar-refractivity contribution in [2.75, 3.05) is 0 Å². The molecule has 2 saturated carbocycles. The van der Waals surface area contributed by atoms with Crippen molar-refractivity contribution >= 4 is 5.97 Å². The number of esters is 1. The van der Waals surface area contributed by atoms with Crippen LogP contribution in [0.5, 0.6) is 5.75 Å². The van der Waals surface area contributed by atoms with Crippen molar-refractivity contribution in [3.05, 3.63) is 29.3 Å². The van der Waals surface area contributed by atoms with Crippen molar-refractivity contribution in [1.82, 2.24) is 0 Å².